The van der Waals surface area contributed by atoms with E-state index in [0.717, 1.165) is 23.6 Å². The van der Waals surface area contributed by atoms with Crippen molar-refractivity contribution in [2.24, 2.45) is 16.8 Å². The summed E-state index contributed by atoms with van der Waals surface area (Å²) in [5.74, 6) is 1.26. The first kappa shape index (κ1) is 20.6. The van der Waals surface area contributed by atoms with Gasteiger partial charge in [-0.1, -0.05) is 43.3 Å². The molecule has 2 heterocycles. The minimum atomic E-state index is -0.167. The normalized spacial score (nSPS) is 19.1. The minimum absolute atomic E-state index is 0.137. The molecule has 1 aliphatic rings. The molecule has 1 fully saturated rings. The minimum Gasteiger partial charge on any atom is -0.473 e. The molecule has 3 rings (SSSR count). The zero-order valence-electron chi connectivity index (χ0n) is 17.2. The quantitative estimate of drug-likeness (QED) is 0.459. The van der Waals surface area contributed by atoms with Crippen molar-refractivity contribution >= 4 is 11.9 Å². The first-order valence-electron chi connectivity index (χ1n) is 9.76. The summed E-state index contributed by atoms with van der Waals surface area (Å²) in [6.07, 6.45) is 1.72. The summed E-state index contributed by atoms with van der Waals surface area (Å²) >= 11 is 0. The van der Waals surface area contributed by atoms with Crippen molar-refractivity contribution in [2.75, 3.05) is 27.2 Å². The summed E-state index contributed by atoms with van der Waals surface area (Å²) in [6.45, 7) is 4.40. The van der Waals surface area contributed by atoms with E-state index in [9.17, 15) is 4.79 Å². The van der Waals surface area contributed by atoms with Crippen LogP contribution in [0.4, 0.5) is 0 Å². The number of nitrogens with zero attached hydrogens (tertiary/aromatic N) is 3. The Morgan fingerprint density at radius 3 is 2.76 bits per heavy atom. The molecule has 2 aromatic rings. The smallest absolute Gasteiger partial charge is 0.310 e. The Morgan fingerprint density at radius 2 is 2.03 bits per heavy atom. The maximum atomic E-state index is 12.0. The van der Waals surface area contributed by atoms with Gasteiger partial charge in [0.1, 0.15) is 6.61 Å². The average Bonchev–Trinajstić information content (AvgIpc) is 3.15. The summed E-state index contributed by atoms with van der Waals surface area (Å²) in [4.78, 5) is 22.8. The number of guanidine groups is 1. The third-order valence-corrected chi connectivity index (χ3v) is 5.13. The van der Waals surface area contributed by atoms with Gasteiger partial charge in [-0.2, -0.15) is 0 Å². The molecule has 154 valence electrons. The fraction of sp³-hybridized carbons (Fsp3) is 0.409. The molecule has 29 heavy (non-hydrogen) atoms. The molecule has 1 aliphatic heterocycles. The third-order valence-electron chi connectivity index (χ3n) is 5.13. The Labute approximate surface area is 171 Å². The van der Waals surface area contributed by atoms with E-state index in [2.05, 4.69) is 27.1 Å². The fourth-order valence-corrected chi connectivity index (χ4v) is 3.52. The SMILES string of the molecule is CN=C(NCc1cccnc1OCc1ccccc1)N1CC(C)C(C(=O)OC)C1. The van der Waals surface area contributed by atoms with E-state index in [0.29, 0.717) is 25.6 Å². The summed E-state index contributed by atoms with van der Waals surface area (Å²) in [5, 5.41) is 3.37. The lowest BCUT2D eigenvalue weighted by Crippen LogP contribution is -2.40. The van der Waals surface area contributed by atoms with Crippen LogP contribution < -0.4 is 10.1 Å². The molecule has 1 N–H and O–H groups in total. The van der Waals surface area contributed by atoms with E-state index >= 15 is 0 Å². The van der Waals surface area contributed by atoms with Gasteiger partial charge in [-0.25, -0.2) is 4.98 Å². The van der Waals surface area contributed by atoms with E-state index in [1.165, 1.54) is 7.11 Å². The van der Waals surface area contributed by atoms with Crippen LogP contribution >= 0.6 is 0 Å². The van der Waals surface area contributed by atoms with Gasteiger partial charge in [-0.05, 0) is 17.5 Å². The molecule has 2 unspecified atom stereocenters. The van der Waals surface area contributed by atoms with Crippen LogP contribution in [-0.2, 0) is 22.7 Å². The van der Waals surface area contributed by atoms with Gasteiger partial charge < -0.3 is 19.7 Å². The van der Waals surface area contributed by atoms with E-state index in [-0.39, 0.29) is 17.8 Å². The number of likely N-dealkylation sites (tertiary alicyclic amines) is 1. The van der Waals surface area contributed by atoms with Crippen LogP contribution in [-0.4, -0.2) is 49.1 Å². The zero-order valence-corrected chi connectivity index (χ0v) is 17.2. The highest BCUT2D eigenvalue weighted by Crippen LogP contribution is 2.24. The molecule has 0 bridgehead atoms. The van der Waals surface area contributed by atoms with Crippen LogP contribution in [0.1, 0.15) is 18.1 Å². The first-order chi connectivity index (χ1) is 14.1. The van der Waals surface area contributed by atoms with Gasteiger partial charge in [-0.3, -0.25) is 9.79 Å². The standard InChI is InChI=1S/C22H28N4O3/c1-16-13-26(14-19(16)21(27)28-3)22(23-2)25-12-18-10-7-11-24-20(18)29-15-17-8-5-4-6-9-17/h4-11,16,19H,12-15H2,1-3H3,(H,23,25). The zero-order chi connectivity index (χ0) is 20.6. The fourth-order valence-electron chi connectivity index (χ4n) is 3.52. The number of pyridine rings is 1. The number of carbonyl (C=O) groups is 1. The van der Waals surface area contributed by atoms with E-state index in [4.69, 9.17) is 9.47 Å². The molecular formula is C22H28N4O3. The van der Waals surface area contributed by atoms with E-state index in [1.54, 1.807) is 13.2 Å². The maximum absolute atomic E-state index is 12.0. The monoisotopic (exact) mass is 396 g/mol. The molecule has 1 aromatic carbocycles. The third kappa shape index (κ3) is 5.25. The maximum Gasteiger partial charge on any atom is 0.310 e. The van der Waals surface area contributed by atoms with Gasteiger partial charge >= 0.3 is 5.97 Å². The number of aliphatic imine (C=N–C) groups is 1. The Bertz CT molecular complexity index is 841. The number of carbonyl (C=O) groups excluding carboxylic acids is 1. The Kier molecular flexibility index (Phi) is 7.05. The summed E-state index contributed by atoms with van der Waals surface area (Å²) < 4.78 is 10.9. The number of aromatic nitrogens is 1. The number of ether oxygens (including phenoxy) is 2. The molecule has 0 saturated carbocycles. The molecule has 7 heteroatoms. The van der Waals surface area contributed by atoms with Gasteiger partial charge in [0.2, 0.25) is 5.88 Å². The Hall–Kier alpha value is -3.09. The molecule has 1 saturated heterocycles. The van der Waals surface area contributed by atoms with Gasteiger partial charge in [0.15, 0.2) is 5.96 Å². The van der Waals surface area contributed by atoms with Crippen molar-refractivity contribution in [3.8, 4) is 5.88 Å². The number of nitrogens with one attached hydrogen (secondary N) is 1. The second-order valence-electron chi connectivity index (χ2n) is 7.15. The largest absolute Gasteiger partial charge is 0.473 e. The summed E-state index contributed by atoms with van der Waals surface area (Å²) in [7, 11) is 3.18. The summed E-state index contributed by atoms with van der Waals surface area (Å²) in [6, 6.07) is 13.9. The molecular weight excluding hydrogens is 368 g/mol. The molecule has 1 aromatic heterocycles. The highest BCUT2D eigenvalue weighted by atomic mass is 16.5. The van der Waals surface area contributed by atoms with Crippen LogP contribution in [0.25, 0.3) is 0 Å². The number of benzene rings is 1. The predicted molar refractivity (Wildman–Crippen MR) is 111 cm³/mol. The van der Waals surface area contributed by atoms with Crippen molar-refractivity contribution < 1.29 is 14.3 Å². The Morgan fingerprint density at radius 1 is 1.24 bits per heavy atom. The molecule has 0 amide bonds. The second-order valence-corrected chi connectivity index (χ2v) is 7.15. The highest BCUT2D eigenvalue weighted by Gasteiger charge is 2.36. The van der Waals surface area contributed by atoms with E-state index < -0.39 is 0 Å². The van der Waals surface area contributed by atoms with Crippen molar-refractivity contribution in [1.82, 2.24) is 15.2 Å². The van der Waals surface area contributed by atoms with Crippen LogP contribution in [0.2, 0.25) is 0 Å². The lowest BCUT2D eigenvalue weighted by atomic mass is 9.99. The van der Waals surface area contributed by atoms with Crippen molar-refractivity contribution in [1.29, 1.82) is 0 Å². The van der Waals surface area contributed by atoms with Crippen molar-refractivity contribution in [2.45, 2.75) is 20.1 Å². The van der Waals surface area contributed by atoms with Gasteiger partial charge in [-0.15, -0.1) is 0 Å². The highest BCUT2D eigenvalue weighted by molar-refractivity contribution is 5.82. The predicted octanol–water partition coefficient (Wildman–Crippen LogP) is 2.48. The van der Waals surface area contributed by atoms with Crippen molar-refractivity contribution in [3.05, 3.63) is 59.8 Å². The molecule has 0 radical (unpaired) electrons. The van der Waals surface area contributed by atoms with Gasteiger partial charge in [0.05, 0.1) is 13.0 Å². The van der Waals surface area contributed by atoms with Gasteiger partial charge in [0.25, 0.3) is 0 Å². The lowest BCUT2D eigenvalue weighted by molar-refractivity contribution is -0.145. The Balaban J connectivity index is 1.61. The average molecular weight is 396 g/mol. The second kappa shape index (κ2) is 9.91. The lowest BCUT2D eigenvalue weighted by Gasteiger charge is -2.22. The first-order valence-corrected chi connectivity index (χ1v) is 9.76. The molecule has 0 aliphatic carbocycles. The number of hydrogen-bond acceptors (Lipinski definition) is 5. The number of rotatable bonds is 6. The van der Waals surface area contributed by atoms with Crippen LogP contribution in [0.5, 0.6) is 5.88 Å². The van der Waals surface area contributed by atoms with Crippen LogP contribution in [0, 0.1) is 11.8 Å². The topological polar surface area (TPSA) is 76.1 Å². The van der Waals surface area contributed by atoms with Crippen LogP contribution in [0.3, 0.4) is 0 Å². The van der Waals surface area contributed by atoms with Gasteiger partial charge in [0, 0.05) is 38.4 Å². The number of hydrogen-bond donors (Lipinski definition) is 1. The number of esters is 1. The molecule has 0 spiro atoms. The van der Waals surface area contributed by atoms with E-state index in [1.807, 2.05) is 42.5 Å². The summed E-state index contributed by atoms with van der Waals surface area (Å²) in [5.41, 5.74) is 2.04. The molecule has 2 atom stereocenters. The van der Waals surface area contributed by atoms with Crippen LogP contribution in [0.15, 0.2) is 53.7 Å². The number of methoxy groups -OCH3 is 1. The molecule has 7 nitrogen and oxygen atoms in total. The van der Waals surface area contributed by atoms with Crippen molar-refractivity contribution in [3.63, 3.8) is 0 Å².